The van der Waals surface area contributed by atoms with E-state index < -0.39 is 0 Å². The lowest BCUT2D eigenvalue weighted by Crippen LogP contribution is -2.48. The van der Waals surface area contributed by atoms with Crippen molar-refractivity contribution in [2.24, 2.45) is 11.7 Å². The van der Waals surface area contributed by atoms with E-state index in [0.717, 1.165) is 19.5 Å². The molecule has 3 aliphatic rings. The summed E-state index contributed by atoms with van der Waals surface area (Å²) < 4.78 is 6.40. The minimum atomic E-state index is 0.294. The minimum absolute atomic E-state index is 0.294. The highest BCUT2D eigenvalue weighted by molar-refractivity contribution is 4.94. The first kappa shape index (κ1) is 12.9. The summed E-state index contributed by atoms with van der Waals surface area (Å²) in [4.78, 5) is 2.58. The SMILES string of the molecule is CC1CN(CC2CCC3(CCCC3)O2)CCC1N. The molecule has 0 aromatic heterocycles. The molecular formula is C15H28N2O. The van der Waals surface area contributed by atoms with Crippen LogP contribution in [0.3, 0.4) is 0 Å². The number of ether oxygens (including phenoxy) is 1. The smallest absolute Gasteiger partial charge is 0.0710 e. The van der Waals surface area contributed by atoms with E-state index in [0.29, 0.717) is 23.7 Å². The number of piperidine rings is 1. The Hall–Kier alpha value is -0.120. The lowest BCUT2D eigenvalue weighted by atomic mass is 9.94. The standard InChI is InChI=1S/C15H28N2O/c1-12-10-17(9-5-14(12)16)11-13-4-8-15(18-13)6-2-3-7-15/h12-14H,2-11,16H2,1H3. The van der Waals surface area contributed by atoms with Crippen molar-refractivity contribution in [2.45, 2.75) is 69.6 Å². The first-order valence-corrected chi connectivity index (χ1v) is 7.83. The average molecular weight is 252 g/mol. The summed E-state index contributed by atoms with van der Waals surface area (Å²) in [7, 11) is 0. The molecule has 0 aromatic rings. The molecule has 104 valence electrons. The molecule has 0 radical (unpaired) electrons. The molecule has 1 saturated carbocycles. The summed E-state index contributed by atoms with van der Waals surface area (Å²) >= 11 is 0. The normalized spacial score (nSPS) is 40.7. The summed E-state index contributed by atoms with van der Waals surface area (Å²) in [6, 6.07) is 0.409. The number of nitrogens with two attached hydrogens (primary N) is 1. The second kappa shape index (κ2) is 5.10. The van der Waals surface area contributed by atoms with Gasteiger partial charge in [-0.25, -0.2) is 0 Å². The largest absolute Gasteiger partial charge is 0.370 e. The quantitative estimate of drug-likeness (QED) is 0.818. The number of likely N-dealkylation sites (tertiary alicyclic amines) is 1. The second-order valence-corrected chi connectivity index (χ2v) is 6.86. The van der Waals surface area contributed by atoms with E-state index >= 15 is 0 Å². The second-order valence-electron chi connectivity index (χ2n) is 6.86. The summed E-state index contributed by atoms with van der Waals surface area (Å²) in [6.45, 7) is 5.75. The van der Waals surface area contributed by atoms with Crippen LogP contribution in [0.15, 0.2) is 0 Å². The summed E-state index contributed by atoms with van der Waals surface area (Å²) in [5.74, 6) is 0.639. The third-order valence-electron chi connectivity index (χ3n) is 5.37. The van der Waals surface area contributed by atoms with E-state index in [2.05, 4.69) is 11.8 Å². The lowest BCUT2D eigenvalue weighted by molar-refractivity contribution is -0.0508. The van der Waals surface area contributed by atoms with Crippen molar-refractivity contribution in [1.29, 1.82) is 0 Å². The van der Waals surface area contributed by atoms with Crippen LogP contribution < -0.4 is 5.73 Å². The van der Waals surface area contributed by atoms with Crippen molar-refractivity contribution in [3.8, 4) is 0 Å². The zero-order chi connectivity index (χ0) is 12.6. The maximum absolute atomic E-state index is 6.40. The Kier molecular flexibility index (Phi) is 3.65. The average Bonchev–Trinajstić information content (AvgIpc) is 2.96. The number of hydrogen-bond donors (Lipinski definition) is 1. The van der Waals surface area contributed by atoms with Gasteiger partial charge in [0.05, 0.1) is 11.7 Å². The van der Waals surface area contributed by atoms with Crippen LogP contribution >= 0.6 is 0 Å². The minimum Gasteiger partial charge on any atom is -0.370 e. The van der Waals surface area contributed by atoms with E-state index in [-0.39, 0.29) is 0 Å². The molecule has 1 spiro atoms. The Labute approximate surface area is 111 Å². The number of nitrogens with zero attached hydrogens (tertiary/aromatic N) is 1. The van der Waals surface area contributed by atoms with Crippen LogP contribution in [0.5, 0.6) is 0 Å². The van der Waals surface area contributed by atoms with E-state index in [1.807, 2.05) is 0 Å². The molecule has 18 heavy (non-hydrogen) atoms. The molecular weight excluding hydrogens is 224 g/mol. The first-order chi connectivity index (χ1) is 8.67. The fraction of sp³-hybridized carbons (Fsp3) is 1.00. The van der Waals surface area contributed by atoms with E-state index in [1.54, 1.807) is 0 Å². The van der Waals surface area contributed by atoms with Gasteiger partial charge in [0.15, 0.2) is 0 Å². The van der Waals surface area contributed by atoms with Crippen molar-refractivity contribution in [3.63, 3.8) is 0 Å². The Balaban J connectivity index is 1.49. The number of rotatable bonds is 2. The fourth-order valence-corrected chi connectivity index (χ4v) is 4.12. The Morgan fingerprint density at radius 1 is 1.22 bits per heavy atom. The molecule has 3 atom stereocenters. The van der Waals surface area contributed by atoms with Crippen LogP contribution in [0.25, 0.3) is 0 Å². The molecule has 3 fully saturated rings. The summed E-state index contributed by atoms with van der Waals surface area (Å²) in [6.07, 6.45) is 9.60. The number of hydrogen-bond acceptors (Lipinski definition) is 3. The highest BCUT2D eigenvalue weighted by atomic mass is 16.5. The lowest BCUT2D eigenvalue weighted by Gasteiger charge is -2.36. The Bertz CT molecular complexity index is 288. The summed E-state index contributed by atoms with van der Waals surface area (Å²) in [5.41, 5.74) is 6.38. The van der Waals surface area contributed by atoms with Gasteiger partial charge in [-0.3, -0.25) is 0 Å². The molecule has 2 saturated heterocycles. The van der Waals surface area contributed by atoms with Crippen molar-refractivity contribution >= 4 is 0 Å². The van der Waals surface area contributed by atoms with Gasteiger partial charge in [0.2, 0.25) is 0 Å². The molecule has 3 heteroatoms. The van der Waals surface area contributed by atoms with Gasteiger partial charge in [0.25, 0.3) is 0 Å². The molecule has 3 unspecified atom stereocenters. The fourth-order valence-electron chi connectivity index (χ4n) is 4.12. The highest BCUT2D eigenvalue weighted by Crippen LogP contribution is 2.43. The van der Waals surface area contributed by atoms with Crippen molar-refractivity contribution in [3.05, 3.63) is 0 Å². The molecule has 2 heterocycles. The molecule has 2 N–H and O–H groups in total. The summed E-state index contributed by atoms with van der Waals surface area (Å²) in [5, 5.41) is 0. The molecule has 0 aromatic carbocycles. The first-order valence-electron chi connectivity index (χ1n) is 7.83. The van der Waals surface area contributed by atoms with E-state index in [4.69, 9.17) is 10.5 Å². The van der Waals surface area contributed by atoms with Gasteiger partial charge in [-0.05, 0) is 44.6 Å². The van der Waals surface area contributed by atoms with Gasteiger partial charge in [0.1, 0.15) is 0 Å². The molecule has 0 amide bonds. The Morgan fingerprint density at radius 2 is 2.00 bits per heavy atom. The van der Waals surface area contributed by atoms with Gasteiger partial charge in [-0.1, -0.05) is 19.8 Å². The van der Waals surface area contributed by atoms with Gasteiger partial charge < -0.3 is 15.4 Å². The predicted octanol–water partition coefficient (Wildman–Crippen LogP) is 2.15. The van der Waals surface area contributed by atoms with E-state index in [9.17, 15) is 0 Å². The van der Waals surface area contributed by atoms with Gasteiger partial charge in [0, 0.05) is 19.1 Å². The van der Waals surface area contributed by atoms with Crippen molar-refractivity contribution in [1.82, 2.24) is 4.90 Å². The Morgan fingerprint density at radius 3 is 2.72 bits per heavy atom. The van der Waals surface area contributed by atoms with E-state index in [1.165, 1.54) is 45.1 Å². The maximum Gasteiger partial charge on any atom is 0.0710 e. The zero-order valence-electron chi connectivity index (χ0n) is 11.7. The van der Waals surface area contributed by atoms with Gasteiger partial charge in [-0.2, -0.15) is 0 Å². The topological polar surface area (TPSA) is 38.5 Å². The van der Waals surface area contributed by atoms with Gasteiger partial charge >= 0.3 is 0 Å². The molecule has 3 nitrogen and oxygen atoms in total. The monoisotopic (exact) mass is 252 g/mol. The third kappa shape index (κ3) is 2.59. The zero-order valence-corrected chi connectivity index (χ0v) is 11.7. The molecule has 0 bridgehead atoms. The molecule has 2 aliphatic heterocycles. The van der Waals surface area contributed by atoms with Crippen molar-refractivity contribution < 1.29 is 4.74 Å². The van der Waals surface area contributed by atoms with Crippen LogP contribution in [0.2, 0.25) is 0 Å². The van der Waals surface area contributed by atoms with Crippen LogP contribution in [0, 0.1) is 5.92 Å². The maximum atomic E-state index is 6.40. The molecule has 3 rings (SSSR count). The van der Waals surface area contributed by atoms with Gasteiger partial charge in [-0.15, -0.1) is 0 Å². The van der Waals surface area contributed by atoms with Crippen LogP contribution in [0.1, 0.15) is 51.9 Å². The van der Waals surface area contributed by atoms with Crippen LogP contribution in [-0.4, -0.2) is 42.3 Å². The van der Waals surface area contributed by atoms with Crippen molar-refractivity contribution in [2.75, 3.05) is 19.6 Å². The van der Waals surface area contributed by atoms with Crippen LogP contribution in [-0.2, 0) is 4.74 Å². The third-order valence-corrected chi connectivity index (χ3v) is 5.37. The van der Waals surface area contributed by atoms with Crippen LogP contribution in [0.4, 0.5) is 0 Å². The predicted molar refractivity (Wildman–Crippen MR) is 73.5 cm³/mol. The molecule has 1 aliphatic carbocycles. The highest BCUT2D eigenvalue weighted by Gasteiger charge is 2.42.